The summed E-state index contributed by atoms with van der Waals surface area (Å²) in [6.07, 6.45) is 7.12. The SMILES string of the molecule is CCc1ccc2nc(N(CCCn3ccnc3)C(=O)c3cc(Cl)ccc3Cl)sc2c1. The predicted molar refractivity (Wildman–Crippen MR) is 124 cm³/mol. The van der Waals surface area contributed by atoms with Crippen LogP contribution in [-0.4, -0.2) is 27.0 Å². The number of rotatable bonds is 7. The number of halogens is 2. The van der Waals surface area contributed by atoms with Crippen molar-refractivity contribution in [1.82, 2.24) is 14.5 Å². The summed E-state index contributed by atoms with van der Waals surface area (Å²) in [7, 11) is 0. The van der Waals surface area contributed by atoms with E-state index in [-0.39, 0.29) is 5.91 Å². The van der Waals surface area contributed by atoms with Gasteiger partial charge < -0.3 is 4.57 Å². The maximum absolute atomic E-state index is 13.4. The van der Waals surface area contributed by atoms with E-state index in [1.165, 1.54) is 16.9 Å². The molecule has 1 amide bonds. The van der Waals surface area contributed by atoms with Crippen LogP contribution in [0, 0.1) is 0 Å². The van der Waals surface area contributed by atoms with E-state index < -0.39 is 0 Å². The molecule has 5 nitrogen and oxygen atoms in total. The van der Waals surface area contributed by atoms with Gasteiger partial charge in [0.25, 0.3) is 5.91 Å². The van der Waals surface area contributed by atoms with Crippen LogP contribution in [0.2, 0.25) is 10.0 Å². The molecule has 0 aliphatic rings. The van der Waals surface area contributed by atoms with Gasteiger partial charge in [-0.2, -0.15) is 0 Å². The first-order valence-corrected chi connectivity index (χ1v) is 11.2. The lowest BCUT2D eigenvalue weighted by Crippen LogP contribution is -2.32. The Kier molecular flexibility index (Phi) is 6.37. The van der Waals surface area contributed by atoms with E-state index in [2.05, 4.69) is 24.0 Å². The first-order valence-electron chi connectivity index (χ1n) is 9.67. The fourth-order valence-corrected chi connectivity index (χ4v) is 4.64. The van der Waals surface area contributed by atoms with E-state index in [0.717, 1.165) is 29.6 Å². The fraction of sp³-hybridized carbons (Fsp3) is 0.227. The fourth-order valence-electron chi connectivity index (χ4n) is 3.21. The standard InChI is InChI=1S/C22H20Cl2N4OS/c1-2-15-4-7-19-20(12-15)30-22(26-19)28(10-3-9-27-11-8-25-14-27)21(29)17-13-16(23)5-6-18(17)24/h4-8,11-14H,2-3,9-10H2,1H3. The normalized spacial score (nSPS) is 11.2. The van der Waals surface area contributed by atoms with Crippen molar-refractivity contribution in [1.29, 1.82) is 0 Å². The van der Waals surface area contributed by atoms with Crippen LogP contribution < -0.4 is 4.90 Å². The van der Waals surface area contributed by atoms with Crippen molar-refractivity contribution in [2.24, 2.45) is 0 Å². The van der Waals surface area contributed by atoms with Gasteiger partial charge in [0.05, 0.1) is 27.1 Å². The van der Waals surface area contributed by atoms with Crippen LogP contribution in [0.4, 0.5) is 5.13 Å². The molecule has 30 heavy (non-hydrogen) atoms. The number of nitrogens with zero attached hydrogens (tertiary/aromatic N) is 4. The minimum Gasteiger partial charge on any atom is -0.337 e. The zero-order valence-electron chi connectivity index (χ0n) is 16.4. The summed E-state index contributed by atoms with van der Waals surface area (Å²) >= 11 is 14.0. The van der Waals surface area contributed by atoms with E-state index in [9.17, 15) is 4.79 Å². The van der Waals surface area contributed by atoms with E-state index in [1.807, 2.05) is 16.8 Å². The number of hydrogen-bond acceptors (Lipinski definition) is 4. The number of carbonyl (C=O) groups is 1. The number of thiazole rings is 1. The molecule has 0 aliphatic carbocycles. The zero-order valence-corrected chi connectivity index (χ0v) is 18.7. The van der Waals surface area contributed by atoms with Crippen LogP contribution in [0.1, 0.15) is 29.3 Å². The molecule has 0 bridgehead atoms. The van der Waals surface area contributed by atoms with Crippen LogP contribution in [0.25, 0.3) is 10.2 Å². The molecule has 154 valence electrons. The van der Waals surface area contributed by atoms with Gasteiger partial charge in [-0.05, 0) is 48.7 Å². The smallest absolute Gasteiger partial charge is 0.261 e. The molecule has 4 rings (SSSR count). The first kappa shape index (κ1) is 20.8. The number of amides is 1. The van der Waals surface area contributed by atoms with E-state index in [1.54, 1.807) is 35.6 Å². The third kappa shape index (κ3) is 4.51. The summed E-state index contributed by atoms with van der Waals surface area (Å²) < 4.78 is 3.05. The quantitative estimate of drug-likeness (QED) is 0.336. The second kappa shape index (κ2) is 9.16. The highest BCUT2D eigenvalue weighted by atomic mass is 35.5. The monoisotopic (exact) mass is 458 g/mol. The van der Waals surface area contributed by atoms with Gasteiger partial charge in [0, 0.05) is 30.5 Å². The van der Waals surface area contributed by atoms with E-state index in [4.69, 9.17) is 28.2 Å². The second-order valence-corrected chi connectivity index (χ2v) is 8.74. The van der Waals surface area contributed by atoms with Crippen LogP contribution in [0.5, 0.6) is 0 Å². The average Bonchev–Trinajstić information content (AvgIpc) is 3.41. The Labute approximate surface area is 188 Å². The Balaban J connectivity index is 1.67. The van der Waals surface area contributed by atoms with Crippen LogP contribution in [0.15, 0.2) is 55.1 Å². The molecule has 2 aromatic heterocycles. The van der Waals surface area contributed by atoms with Gasteiger partial charge in [-0.3, -0.25) is 9.69 Å². The Bertz CT molecular complexity index is 1170. The summed E-state index contributed by atoms with van der Waals surface area (Å²) in [6, 6.07) is 11.1. The molecule has 0 radical (unpaired) electrons. The van der Waals surface area contributed by atoms with Crippen molar-refractivity contribution in [3.63, 3.8) is 0 Å². The molecule has 8 heteroatoms. The zero-order chi connectivity index (χ0) is 21.1. The predicted octanol–water partition coefficient (Wildman–Crippen LogP) is 6.10. The summed E-state index contributed by atoms with van der Waals surface area (Å²) in [6.45, 7) is 3.37. The number of aryl methyl sites for hydroxylation is 2. The topological polar surface area (TPSA) is 51.0 Å². The van der Waals surface area contributed by atoms with Gasteiger partial charge in [-0.15, -0.1) is 0 Å². The van der Waals surface area contributed by atoms with Crippen molar-refractivity contribution in [3.8, 4) is 0 Å². The first-order chi connectivity index (χ1) is 14.5. The minimum atomic E-state index is -0.206. The number of anilines is 1. The molecule has 0 N–H and O–H groups in total. The van der Waals surface area contributed by atoms with Crippen LogP contribution >= 0.6 is 34.5 Å². The lowest BCUT2D eigenvalue weighted by molar-refractivity contribution is 0.0986. The van der Waals surface area contributed by atoms with Gasteiger partial charge in [0.1, 0.15) is 0 Å². The Morgan fingerprint density at radius 1 is 1.20 bits per heavy atom. The maximum atomic E-state index is 13.4. The molecule has 0 spiro atoms. The molecule has 2 heterocycles. The highest BCUT2D eigenvalue weighted by Crippen LogP contribution is 2.32. The Hall–Kier alpha value is -2.41. The molecular formula is C22H20Cl2N4OS. The molecule has 0 fully saturated rings. The Morgan fingerprint density at radius 2 is 2.07 bits per heavy atom. The van der Waals surface area contributed by atoms with Crippen molar-refractivity contribution < 1.29 is 4.79 Å². The van der Waals surface area contributed by atoms with E-state index >= 15 is 0 Å². The molecule has 0 unspecified atom stereocenters. The lowest BCUT2D eigenvalue weighted by Gasteiger charge is -2.20. The van der Waals surface area contributed by atoms with Crippen molar-refractivity contribution >= 4 is 55.8 Å². The summed E-state index contributed by atoms with van der Waals surface area (Å²) in [5, 5.41) is 1.50. The van der Waals surface area contributed by atoms with Crippen molar-refractivity contribution in [2.75, 3.05) is 11.4 Å². The van der Waals surface area contributed by atoms with Gasteiger partial charge in [0.2, 0.25) is 0 Å². The number of fused-ring (bicyclic) bond motifs is 1. The summed E-state index contributed by atoms with van der Waals surface area (Å²) in [4.78, 5) is 23.9. The third-order valence-electron chi connectivity index (χ3n) is 4.84. The highest BCUT2D eigenvalue weighted by Gasteiger charge is 2.23. The second-order valence-electron chi connectivity index (χ2n) is 6.89. The molecule has 2 aromatic carbocycles. The minimum absolute atomic E-state index is 0.206. The molecule has 0 atom stereocenters. The van der Waals surface area contributed by atoms with E-state index in [0.29, 0.717) is 27.3 Å². The lowest BCUT2D eigenvalue weighted by atomic mass is 10.2. The number of hydrogen-bond donors (Lipinski definition) is 0. The Morgan fingerprint density at radius 3 is 2.83 bits per heavy atom. The van der Waals surface area contributed by atoms with Gasteiger partial charge in [-0.1, -0.05) is 47.5 Å². The number of imidazole rings is 1. The molecule has 0 aliphatic heterocycles. The summed E-state index contributed by atoms with van der Waals surface area (Å²) in [5.41, 5.74) is 2.51. The van der Waals surface area contributed by atoms with Gasteiger partial charge in [-0.25, -0.2) is 9.97 Å². The molecule has 0 saturated heterocycles. The van der Waals surface area contributed by atoms with Crippen molar-refractivity contribution in [2.45, 2.75) is 26.3 Å². The van der Waals surface area contributed by atoms with Crippen LogP contribution in [0.3, 0.4) is 0 Å². The molecule has 0 saturated carbocycles. The number of aromatic nitrogens is 3. The number of benzene rings is 2. The largest absolute Gasteiger partial charge is 0.337 e. The van der Waals surface area contributed by atoms with Gasteiger partial charge >= 0.3 is 0 Å². The average molecular weight is 459 g/mol. The highest BCUT2D eigenvalue weighted by molar-refractivity contribution is 7.22. The summed E-state index contributed by atoms with van der Waals surface area (Å²) in [5.74, 6) is -0.206. The molecular weight excluding hydrogens is 439 g/mol. The number of carbonyl (C=O) groups excluding carboxylic acids is 1. The van der Waals surface area contributed by atoms with Crippen molar-refractivity contribution in [3.05, 3.63) is 76.3 Å². The van der Waals surface area contributed by atoms with Gasteiger partial charge in [0.15, 0.2) is 5.13 Å². The third-order valence-corrected chi connectivity index (χ3v) is 6.45. The maximum Gasteiger partial charge on any atom is 0.261 e. The molecule has 4 aromatic rings. The van der Waals surface area contributed by atoms with Crippen LogP contribution in [-0.2, 0) is 13.0 Å².